The Bertz CT molecular complexity index is 209. The molecule has 0 heterocycles. The van der Waals surface area contributed by atoms with Crippen LogP contribution in [-0.2, 0) is 4.74 Å². The third kappa shape index (κ3) is 2.26. The zero-order valence-electron chi connectivity index (χ0n) is 9.97. The molecule has 0 aromatic carbocycles. The largest absolute Gasteiger partial charge is 0.378 e. The molecule has 0 radical (unpaired) electrons. The van der Waals surface area contributed by atoms with Crippen LogP contribution in [-0.4, -0.2) is 17.5 Å². The smallest absolute Gasteiger partial charge is 0.0652 e. The van der Waals surface area contributed by atoms with E-state index in [1.165, 1.54) is 38.5 Å². The lowest BCUT2D eigenvalue weighted by atomic mass is 9.62. The minimum Gasteiger partial charge on any atom is -0.378 e. The van der Waals surface area contributed by atoms with Crippen LogP contribution in [0.2, 0.25) is 0 Å². The SMILES string of the molecule is CCC1(CC)C(Br)CC1OCCC1CC1. The van der Waals surface area contributed by atoms with E-state index < -0.39 is 0 Å². The van der Waals surface area contributed by atoms with Crippen LogP contribution < -0.4 is 0 Å². The Kier molecular flexibility index (Phi) is 3.77. The molecule has 2 saturated carbocycles. The molecule has 2 aliphatic rings. The Morgan fingerprint density at radius 1 is 1.27 bits per heavy atom. The lowest BCUT2D eigenvalue weighted by Gasteiger charge is -2.53. The predicted octanol–water partition coefficient (Wildman–Crippen LogP) is 4.15. The van der Waals surface area contributed by atoms with Gasteiger partial charge in [-0.1, -0.05) is 42.6 Å². The van der Waals surface area contributed by atoms with Gasteiger partial charge in [-0.2, -0.15) is 0 Å². The molecule has 0 amide bonds. The van der Waals surface area contributed by atoms with Gasteiger partial charge in [0, 0.05) is 16.8 Å². The third-order valence-electron chi connectivity index (χ3n) is 4.54. The lowest BCUT2D eigenvalue weighted by molar-refractivity contribution is -0.109. The first-order valence-corrected chi connectivity index (χ1v) is 7.40. The van der Waals surface area contributed by atoms with Gasteiger partial charge in [-0.3, -0.25) is 0 Å². The molecule has 0 N–H and O–H groups in total. The second kappa shape index (κ2) is 4.75. The van der Waals surface area contributed by atoms with E-state index in [0.717, 1.165) is 12.5 Å². The summed E-state index contributed by atoms with van der Waals surface area (Å²) in [7, 11) is 0. The maximum Gasteiger partial charge on any atom is 0.0652 e. The van der Waals surface area contributed by atoms with Gasteiger partial charge < -0.3 is 4.74 Å². The lowest BCUT2D eigenvalue weighted by Crippen LogP contribution is -2.54. The molecular weight excluding hydrogens is 252 g/mol. The summed E-state index contributed by atoms with van der Waals surface area (Å²) in [5.74, 6) is 1.00. The molecule has 0 aromatic rings. The summed E-state index contributed by atoms with van der Waals surface area (Å²) in [5.41, 5.74) is 0.434. The Balaban J connectivity index is 1.76. The van der Waals surface area contributed by atoms with Crippen molar-refractivity contribution in [2.24, 2.45) is 11.3 Å². The van der Waals surface area contributed by atoms with E-state index in [0.29, 0.717) is 16.3 Å². The predicted molar refractivity (Wildman–Crippen MR) is 67.4 cm³/mol. The summed E-state index contributed by atoms with van der Waals surface area (Å²) in [5, 5.41) is 0. The van der Waals surface area contributed by atoms with Crippen LogP contribution in [0, 0.1) is 11.3 Å². The average Bonchev–Trinajstić information content (AvgIpc) is 3.02. The number of rotatable bonds is 6. The van der Waals surface area contributed by atoms with E-state index in [1.54, 1.807) is 0 Å². The van der Waals surface area contributed by atoms with Crippen LogP contribution >= 0.6 is 15.9 Å². The monoisotopic (exact) mass is 274 g/mol. The van der Waals surface area contributed by atoms with Crippen molar-refractivity contribution in [2.75, 3.05) is 6.61 Å². The van der Waals surface area contributed by atoms with Crippen LogP contribution in [0.1, 0.15) is 52.4 Å². The number of halogens is 1. The molecular formula is C13H23BrO. The first-order chi connectivity index (χ1) is 7.23. The highest BCUT2D eigenvalue weighted by molar-refractivity contribution is 9.09. The van der Waals surface area contributed by atoms with Crippen LogP contribution in [0.4, 0.5) is 0 Å². The van der Waals surface area contributed by atoms with Crippen LogP contribution in [0.5, 0.6) is 0 Å². The molecule has 1 nitrogen and oxygen atoms in total. The highest BCUT2D eigenvalue weighted by atomic mass is 79.9. The Hall–Kier alpha value is 0.440. The highest BCUT2D eigenvalue weighted by Gasteiger charge is 2.52. The van der Waals surface area contributed by atoms with Gasteiger partial charge in [0.15, 0.2) is 0 Å². The zero-order valence-corrected chi connectivity index (χ0v) is 11.6. The molecule has 0 aromatic heterocycles. The summed E-state index contributed by atoms with van der Waals surface area (Å²) in [4.78, 5) is 0.686. The summed E-state index contributed by atoms with van der Waals surface area (Å²) in [6, 6.07) is 0. The summed E-state index contributed by atoms with van der Waals surface area (Å²) in [6.45, 7) is 5.60. The van der Waals surface area contributed by atoms with Crippen LogP contribution in [0.15, 0.2) is 0 Å². The molecule has 0 saturated heterocycles. The molecule has 2 rings (SSSR count). The maximum absolute atomic E-state index is 6.07. The van der Waals surface area contributed by atoms with Gasteiger partial charge in [0.1, 0.15) is 0 Å². The van der Waals surface area contributed by atoms with Crippen molar-refractivity contribution in [1.82, 2.24) is 0 Å². The number of hydrogen-bond acceptors (Lipinski definition) is 1. The van der Waals surface area contributed by atoms with Crippen molar-refractivity contribution in [3.05, 3.63) is 0 Å². The summed E-state index contributed by atoms with van der Waals surface area (Å²) >= 11 is 3.80. The molecule has 0 aliphatic heterocycles. The van der Waals surface area contributed by atoms with E-state index in [1.807, 2.05) is 0 Å². The molecule has 2 atom stereocenters. The molecule has 2 unspecified atom stereocenters. The van der Waals surface area contributed by atoms with Crippen molar-refractivity contribution in [2.45, 2.75) is 63.3 Å². The zero-order chi connectivity index (χ0) is 10.9. The van der Waals surface area contributed by atoms with Crippen molar-refractivity contribution >= 4 is 15.9 Å². The standard InChI is InChI=1S/C13H23BrO/c1-3-13(4-2)11(14)9-12(13)15-8-7-10-5-6-10/h10-12H,3-9H2,1-2H3. The second-order valence-electron chi connectivity index (χ2n) is 5.23. The van der Waals surface area contributed by atoms with Gasteiger partial charge in [-0.25, -0.2) is 0 Å². The van der Waals surface area contributed by atoms with Crippen LogP contribution in [0.3, 0.4) is 0 Å². The maximum atomic E-state index is 6.07. The van der Waals surface area contributed by atoms with Crippen molar-refractivity contribution in [3.63, 3.8) is 0 Å². The molecule has 2 aliphatic carbocycles. The number of hydrogen-bond donors (Lipinski definition) is 0. The van der Waals surface area contributed by atoms with Gasteiger partial charge in [-0.05, 0) is 31.6 Å². The second-order valence-corrected chi connectivity index (χ2v) is 6.34. The minimum atomic E-state index is 0.434. The molecule has 88 valence electrons. The van der Waals surface area contributed by atoms with Gasteiger partial charge in [0.2, 0.25) is 0 Å². The van der Waals surface area contributed by atoms with Crippen molar-refractivity contribution < 1.29 is 4.74 Å². The van der Waals surface area contributed by atoms with E-state index in [9.17, 15) is 0 Å². The summed E-state index contributed by atoms with van der Waals surface area (Å²) < 4.78 is 6.07. The molecule has 15 heavy (non-hydrogen) atoms. The fraction of sp³-hybridized carbons (Fsp3) is 1.00. The average molecular weight is 275 g/mol. The van der Waals surface area contributed by atoms with Gasteiger partial charge in [-0.15, -0.1) is 0 Å². The quantitative estimate of drug-likeness (QED) is 0.662. The van der Waals surface area contributed by atoms with Gasteiger partial charge in [0.25, 0.3) is 0 Å². The molecule has 0 bridgehead atoms. The first-order valence-electron chi connectivity index (χ1n) is 6.48. The molecule has 2 fully saturated rings. The van der Waals surface area contributed by atoms with Crippen molar-refractivity contribution in [1.29, 1.82) is 0 Å². The molecule has 0 spiro atoms. The normalized spacial score (nSPS) is 33.8. The third-order valence-corrected chi connectivity index (χ3v) is 5.83. The van der Waals surface area contributed by atoms with Crippen molar-refractivity contribution in [3.8, 4) is 0 Å². The Labute approximate surface area is 102 Å². The van der Waals surface area contributed by atoms with Gasteiger partial charge in [0.05, 0.1) is 6.10 Å². The Morgan fingerprint density at radius 2 is 1.93 bits per heavy atom. The van der Waals surface area contributed by atoms with Gasteiger partial charge >= 0.3 is 0 Å². The first kappa shape index (κ1) is 11.9. The Morgan fingerprint density at radius 3 is 2.40 bits per heavy atom. The van der Waals surface area contributed by atoms with Crippen LogP contribution in [0.25, 0.3) is 0 Å². The van der Waals surface area contributed by atoms with E-state index in [4.69, 9.17) is 4.74 Å². The number of ether oxygens (including phenoxy) is 1. The van der Waals surface area contributed by atoms with E-state index >= 15 is 0 Å². The topological polar surface area (TPSA) is 9.23 Å². The number of alkyl halides is 1. The van der Waals surface area contributed by atoms with E-state index in [-0.39, 0.29) is 0 Å². The molecule has 2 heteroatoms. The minimum absolute atomic E-state index is 0.434. The summed E-state index contributed by atoms with van der Waals surface area (Å²) in [6.07, 6.45) is 8.42. The van der Waals surface area contributed by atoms with E-state index in [2.05, 4.69) is 29.8 Å². The highest BCUT2D eigenvalue weighted by Crippen LogP contribution is 2.52. The fourth-order valence-corrected chi connectivity index (χ4v) is 4.15. The fourth-order valence-electron chi connectivity index (χ4n) is 2.86.